The van der Waals surface area contributed by atoms with E-state index in [1.807, 2.05) is 0 Å². The Morgan fingerprint density at radius 1 is 1.23 bits per heavy atom. The largest absolute Gasteiger partial charge is 0.326 e. The van der Waals surface area contributed by atoms with Gasteiger partial charge in [-0.3, -0.25) is 11.1 Å². The molecule has 0 aliphatic heterocycles. The Kier molecular flexibility index (Phi) is 5.53. The van der Waals surface area contributed by atoms with Crippen LogP contribution < -0.4 is 16.8 Å². The number of hydrogen-bond donors (Lipinski definition) is 5. The lowest BCUT2D eigenvalue weighted by Gasteiger charge is -2.27. The average Bonchev–Trinajstić information content (AvgIpc) is 2.14. The Hall–Kier alpha value is 0.440. The number of hydrogen-bond acceptors (Lipinski definition) is 5. The van der Waals surface area contributed by atoms with Crippen LogP contribution in [-0.4, -0.2) is 36.2 Å². The van der Waals surface area contributed by atoms with Gasteiger partial charge in [-0.2, -0.15) is 25.3 Å². The highest BCUT2D eigenvalue weighted by Gasteiger charge is 2.30. The van der Waals surface area contributed by atoms with E-state index >= 15 is 0 Å². The molecule has 0 rings (SSSR count). The molecule has 0 saturated heterocycles. The van der Waals surface area contributed by atoms with Gasteiger partial charge in [0.25, 0.3) is 0 Å². The minimum atomic E-state index is -2.03. The minimum Gasteiger partial charge on any atom is -0.326 e. The fourth-order valence-corrected chi connectivity index (χ4v) is 0.907. The van der Waals surface area contributed by atoms with Crippen molar-refractivity contribution in [2.45, 2.75) is 11.6 Å². The van der Waals surface area contributed by atoms with Crippen molar-refractivity contribution in [1.82, 2.24) is 5.32 Å². The van der Waals surface area contributed by atoms with E-state index in [2.05, 4.69) is 30.6 Å². The summed E-state index contributed by atoms with van der Waals surface area (Å²) in [5.41, 5.74) is 10.2. The third kappa shape index (κ3) is 5.02. The number of halogens is 2. The summed E-state index contributed by atoms with van der Waals surface area (Å²) < 4.78 is 26.4. The smallest absolute Gasteiger partial charge is 0.182 e. The van der Waals surface area contributed by atoms with Gasteiger partial charge in [0.05, 0.1) is 0 Å². The summed E-state index contributed by atoms with van der Waals surface area (Å²) in [6, 6.07) is 0. The van der Waals surface area contributed by atoms with Gasteiger partial charge in [0.15, 0.2) is 11.6 Å². The van der Waals surface area contributed by atoms with Crippen LogP contribution in [0.5, 0.6) is 0 Å². The van der Waals surface area contributed by atoms with Crippen molar-refractivity contribution in [2.24, 2.45) is 11.5 Å². The van der Waals surface area contributed by atoms with Crippen molar-refractivity contribution in [3.05, 3.63) is 0 Å². The first-order chi connectivity index (χ1) is 5.89. The Morgan fingerprint density at radius 3 is 2.08 bits per heavy atom. The van der Waals surface area contributed by atoms with Crippen LogP contribution in [0.1, 0.15) is 0 Å². The summed E-state index contributed by atoms with van der Waals surface area (Å²) in [6.45, 7) is -0.621. The number of nitrogens with two attached hydrogens (primary N) is 2. The van der Waals surface area contributed by atoms with Crippen molar-refractivity contribution in [3.63, 3.8) is 0 Å². The standard InChI is InChI=1S/C6H15F2N3S2/c7-5(10,3-12)2-11-6(8,1-9)4-13/h11-13H,1-4,9-10H2/t5-,6?/m0/s1. The molecule has 5 N–H and O–H groups in total. The van der Waals surface area contributed by atoms with Gasteiger partial charge in [-0.15, -0.1) is 0 Å². The van der Waals surface area contributed by atoms with E-state index in [4.69, 9.17) is 11.5 Å². The summed E-state index contributed by atoms with van der Waals surface area (Å²) >= 11 is 7.42. The highest BCUT2D eigenvalue weighted by atomic mass is 32.1. The zero-order valence-electron chi connectivity index (χ0n) is 7.13. The van der Waals surface area contributed by atoms with Crippen molar-refractivity contribution < 1.29 is 8.78 Å². The third-order valence-corrected chi connectivity index (χ3v) is 2.56. The average molecular weight is 231 g/mol. The second-order valence-corrected chi connectivity index (χ2v) is 3.51. The van der Waals surface area contributed by atoms with Crippen LogP contribution in [0.4, 0.5) is 8.78 Å². The molecule has 80 valence electrons. The minimum absolute atomic E-state index is 0.133. The van der Waals surface area contributed by atoms with Gasteiger partial charge in [-0.25, -0.2) is 8.78 Å². The molecule has 2 atom stereocenters. The molecule has 0 aliphatic rings. The van der Waals surface area contributed by atoms with E-state index in [0.717, 1.165) is 0 Å². The maximum absolute atomic E-state index is 13.4. The number of thiol groups is 2. The molecule has 0 radical (unpaired) electrons. The summed E-state index contributed by atoms with van der Waals surface area (Å²) in [6.07, 6.45) is 0. The van der Waals surface area contributed by atoms with Gasteiger partial charge in [-0.1, -0.05) is 0 Å². The second kappa shape index (κ2) is 5.35. The van der Waals surface area contributed by atoms with Crippen LogP contribution >= 0.6 is 25.3 Å². The van der Waals surface area contributed by atoms with Crippen molar-refractivity contribution in [1.29, 1.82) is 0 Å². The van der Waals surface area contributed by atoms with Gasteiger partial charge in [0.1, 0.15) is 0 Å². The molecule has 0 amide bonds. The zero-order chi connectivity index (χ0) is 10.5. The molecular formula is C6H15F2N3S2. The third-order valence-electron chi connectivity index (χ3n) is 1.54. The van der Waals surface area contributed by atoms with E-state index in [-0.39, 0.29) is 24.6 Å². The first-order valence-electron chi connectivity index (χ1n) is 3.73. The molecule has 0 spiro atoms. The Morgan fingerprint density at radius 2 is 1.77 bits per heavy atom. The molecule has 0 aliphatic carbocycles. The summed E-state index contributed by atoms with van der Waals surface area (Å²) in [7, 11) is 0. The van der Waals surface area contributed by atoms with E-state index in [1.54, 1.807) is 0 Å². The van der Waals surface area contributed by atoms with Crippen LogP contribution in [-0.2, 0) is 0 Å². The molecule has 1 unspecified atom stereocenters. The predicted molar refractivity (Wildman–Crippen MR) is 56.6 cm³/mol. The van der Waals surface area contributed by atoms with Gasteiger partial charge in [0, 0.05) is 24.6 Å². The Balaban J connectivity index is 3.99. The molecular weight excluding hydrogens is 216 g/mol. The quantitative estimate of drug-likeness (QED) is 0.322. The van der Waals surface area contributed by atoms with Crippen molar-refractivity contribution in [2.75, 3.05) is 24.6 Å². The summed E-state index contributed by atoms with van der Waals surface area (Å²) in [4.78, 5) is 0. The van der Waals surface area contributed by atoms with E-state index in [9.17, 15) is 8.78 Å². The van der Waals surface area contributed by atoms with Gasteiger partial charge >= 0.3 is 0 Å². The highest BCUT2D eigenvalue weighted by Crippen LogP contribution is 2.10. The topological polar surface area (TPSA) is 64.1 Å². The number of alkyl halides is 2. The fraction of sp³-hybridized carbons (Fsp3) is 1.00. The van der Waals surface area contributed by atoms with Crippen LogP contribution in [0, 0.1) is 0 Å². The maximum atomic E-state index is 13.4. The lowest BCUT2D eigenvalue weighted by atomic mass is 10.2. The van der Waals surface area contributed by atoms with Gasteiger partial charge in [-0.05, 0) is 0 Å². The number of nitrogens with one attached hydrogen (secondary N) is 1. The van der Waals surface area contributed by atoms with Crippen molar-refractivity contribution in [3.8, 4) is 0 Å². The van der Waals surface area contributed by atoms with Crippen LogP contribution in [0.15, 0.2) is 0 Å². The second-order valence-electron chi connectivity index (χ2n) is 2.87. The Labute approximate surface area is 87.4 Å². The zero-order valence-corrected chi connectivity index (χ0v) is 8.92. The lowest BCUT2D eigenvalue weighted by Crippen LogP contribution is -2.56. The molecule has 13 heavy (non-hydrogen) atoms. The molecule has 0 aromatic heterocycles. The van der Waals surface area contributed by atoms with Crippen LogP contribution in [0.3, 0.4) is 0 Å². The maximum Gasteiger partial charge on any atom is 0.182 e. The van der Waals surface area contributed by atoms with E-state index in [0.29, 0.717) is 0 Å². The molecule has 7 heteroatoms. The Bertz CT molecular complexity index is 153. The van der Waals surface area contributed by atoms with E-state index < -0.39 is 11.6 Å². The highest BCUT2D eigenvalue weighted by molar-refractivity contribution is 7.80. The normalized spacial score (nSPS) is 20.8. The SMILES string of the molecule is NCC(F)(CS)NC[C@@](N)(F)CS. The summed E-state index contributed by atoms with van der Waals surface area (Å²) in [5.74, 6) is -4.22. The molecule has 0 aromatic rings. The molecule has 3 nitrogen and oxygen atoms in total. The molecule has 0 saturated carbocycles. The van der Waals surface area contributed by atoms with Crippen LogP contribution in [0.2, 0.25) is 0 Å². The number of rotatable bonds is 6. The lowest BCUT2D eigenvalue weighted by molar-refractivity contribution is 0.110. The van der Waals surface area contributed by atoms with Crippen molar-refractivity contribution >= 4 is 25.3 Å². The monoisotopic (exact) mass is 231 g/mol. The molecule has 0 bridgehead atoms. The van der Waals surface area contributed by atoms with Crippen LogP contribution in [0.25, 0.3) is 0 Å². The fourth-order valence-electron chi connectivity index (χ4n) is 0.554. The van der Waals surface area contributed by atoms with E-state index in [1.165, 1.54) is 0 Å². The molecule has 0 aromatic carbocycles. The molecule has 0 fully saturated rings. The summed E-state index contributed by atoms with van der Waals surface area (Å²) in [5, 5.41) is 2.27. The van der Waals surface area contributed by atoms with Gasteiger partial charge in [0.2, 0.25) is 0 Å². The van der Waals surface area contributed by atoms with Gasteiger partial charge < -0.3 is 5.73 Å². The predicted octanol–water partition coefficient (Wildman–Crippen LogP) is -0.315. The first-order valence-corrected chi connectivity index (χ1v) is 4.99. The first kappa shape index (κ1) is 13.4. The molecule has 0 heterocycles.